The fourth-order valence-electron chi connectivity index (χ4n) is 2.06. The van der Waals surface area contributed by atoms with Gasteiger partial charge in [0.15, 0.2) is 0 Å². The van der Waals surface area contributed by atoms with Crippen molar-refractivity contribution in [3.63, 3.8) is 0 Å². The molecule has 0 aromatic heterocycles. The van der Waals surface area contributed by atoms with E-state index >= 15 is 0 Å². The Morgan fingerprint density at radius 3 is 2.33 bits per heavy atom. The molecular weight excluding hydrogens is 222 g/mol. The highest BCUT2D eigenvalue weighted by molar-refractivity contribution is 5.77. The smallest absolute Gasteiger partial charge is 0.143 e. The Hall–Kier alpha value is -1.15. The minimum absolute atomic E-state index is 0.0557. The molecule has 0 fully saturated rings. The third-order valence-electron chi connectivity index (χ3n) is 3.21. The molecule has 0 saturated heterocycles. The van der Waals surface area contributed by atoms with E-state index in [1.54, 1.807) is 6.92 Å². The van der Waals surface area contributed by atoms with Crippen LogP contribution < -0.4 is 5.32 Å². The number of hydrogen-bond acceptors (Lipinski definition) is 2. The summed E-state index contributed by atoms with van der Waals surface area (Å²) < 4.78 is 0. The van der Waals surface area contributed by atoms with E-state index in [0.717, 1.165) is 13.0 Å². The number of aryl methyl sites for hydroxylation is 1. The third kappa shape index (κ3) is 4.61. The monoisotopic (exact) mass is 247 g/mol. The van der Waals surface area contributed by atoms with Crippen molar-refractivity contribution in [3.8, 4) is 0 Å². The van der Waals surface area contributed by atoms with Gasteiger partial charge in [-0.25, -0.2) is 0 Å². The van der Waals surface area contributed by atoms with E-state index in [4.69, 9.17) is 0 Å². The molecule has 0 unspecified atom stereocenters. The molecule has 0 spiro atoms. The molecular formula is C16H25NO. The molecule has 0 aliphatic rings. The topological polar surface area (TPSA) is 29.1 Å². The average molecular weight is 247 g/mol. The highest BCUT2D eigenvalue weighted by atomic mass is 16.1. The Bertz CT molecular complexity index is 379. The zero-order chi connectivity index (χ0) is 13.6. The molecule has 18 heavy (non-hydrogen) atoms. The van der Waals surface area contributed by atoms with Crippen molar-refractivity contribution in [2.24, 2.45) is 0 Å². The van der Waals surface area contributed by atoms with Crippen LogP contribution in [0.1, 0.15) is 45.2 Å². The van der Waals surface area contributed by atoms with Gasteiger partial charge in [0.05, 0.1) is 6.54 Å². The zero-order valence-corrected chi connectivity index (χ0v) is 12.0. The van der Waals surface area contributed by atoms with E-state index in [9.17, 15) is 4.79 Å². The first-order chi connectivity index (χ1) is 8.45. The number of carbonyl (C=O) groups excluding carboxylic acids is 1. The van der Waals surface area contributed by atoms with Crippen LogP contribution in [0, 0.1) is 0 Å². The molecule has 0 heterocycles. The number of carbonyl (C=O) groups is 1. The highest BCUT2D eigenvalue weighted by Gasteiger charge is 2.19. The van der Waals surface area contributed by atoms with Crippen LogP contribution in [0.4, 0.5) is 0 Å². The minimum atomic E-state index is 0.0557. The molecule has 1 N–H and O–H groups in total. The largest absolute Gasteiger partial charge is 0.309 e. The fraction of sp³-hybridized carbons (Fsp3) is 0.562. The van der Waals surface area contributed by atoms with Crippen LogP contribution in [0.5, 0.6) is 0 Å². The summed E-state index contributed by atoms with van der Waals surface area (Å²) in [6, 6.07) is 8.85. The van der Waals surface area contributed by atoms with E-state index in [1.807, 2.05) is 0 Å². The quantitative estimate of drug-likeness (QED) is 0.802. The van der Waals surface area contributed by atoms with E-state index < -0.39 is 0 Å². The van der Waals surface area contributed by atoms with Gasteiger partial charge in [0.1, 0.15) is 5.78 Å². The molecule has 1 aromatic carbocycles. The summed E-state index contributed by atoms with van der Waals surface area (Å²) >= 11 is 0. The second-order valence-corrected chi connectivity index (χ2v) is 5.64. The Morgan fingerprint density at radius 1 is 1.22 bits per heavy atom. The Morgan fingerprint density at radius 2 is 1.83 bits per heavy atom. The second kappa shape index (κ2) is 6.69. The van der Waals surface area contributed by atoms with E-state index in [0.29, 0.717) is 6.54 Å². The lowest BCUT2D eigenvalue weighted by Crippen LogP contribution is -2.35. The SMILES string of the molecule is CCCc1ccc(C(C)(C)CNCC(C)=O)cc1. The summed E-state index contributed by atoms with van der Waals surface area (Å²) in [4.78, 5) is 10.9. The van der Waals surface area contributed by atoms with Crippen molar-refractivity contribution in [2.45, 2.75) is 46.0 Å². The van der Waals surface area contributed by atoms with Crippen molar-refractivity contribution < 1.29 is 4.79 Å². The van der Waals surface area contributed by atoms with Gasteiger partial charge in [0, 0.05) is 12.0 Å². The summed E-state index contributed by atoms with van der Waals surface area (Å²) in [5.41, 5.74) is 2.77. The number of hydrogen-bond donors (Lipinski definition) is 1. The van der Waals surface area contributed by atoms with Crippen molar-refractivity contribution >= 4 is 5.78 Å². The summed E-state index contributed by atoms with van der Waals surface area (Å²) in [5.74, 6) is 0.184. The highest BCUT2D eigenvalue weighted by Crippen LogP contribution is 2.22. The van der Waals surface area contributed by atoms with Crippen LogP contribution in [-0.2, 0) is 16.6 Å². The number of benzene rings is 1. The molecule has 0 atom stereocenters. The molecule has 100 valence electrons. The lowest BCUT2D eigenvalue weighted by molar-refractivity contribution is -0.116. The van der Waals surface area contributed by atoms with Crippen LogP contribution in [0.25, 0.3) is 0 Å². The van der Waals surface area contributed by atoms with Gasteiger partial charge >= 0.3 is 0 Å². The van der Waals surface area contributed by atoms with Gasteiger partial charge in [-0.1, -0.05) is 51.5 Å². The Labute approximate surface area is 111 Å². The van der Waals surface area contributed by atoms with Crippen molar-refractivity contribution in [3.05, 3.63) is 35.4 Å². The van der Waals surface area contributed by atoms with E-state index in [2.05, 4.69) is 50.4 Å². The molecule has 1 rings (SSSR count). The minimum Gasteiger partial charge on any atom is -0.309 e. The molecule has 0 bridgehead atoms. The van der Waals surface area contributed by atoms with Gasteiger partial charge in [0.25, 0.3) is 0 Å². The number of nitrogens with one attached hydrogen (secondary N) is 1. The van der Waals surface area contributed by atoms with Gasteiger partial charge in [-0.2, -0.15) is 0 Å². The van der Waals surface area contributed by atoms with Gasteiger partial charge in [-0.15, -0.1) is 0 Å². The predicted molar refractivity (Wildman–Crippen MR) is 77.0 cm³/mol. The standard InChI is InChI=1S/C16H25NO/c1-5-6-14-7-9-15(10-8-14)16(3,4)12-17-11-13(2)18/h7-10,17H,5-6,11-12H2,1-4H3. The molecule has 0 aliphatic heterocycles. The second-order valence-electron chi connectivity index (χ2n) is 5.64. The van der Waals surface area contributed by atoms with Gasteiger partial charge in [0.2, 0.25) is 0 Å². The normalized spacial score (nSPS) is 11.6. The van der Waals surface area contributed by atoms with E-state index in [-0.39, 0.29) is 11.2 Å². The molecule has 0 saturated carbocycles. The van der Waals surface area contributed by atoms with Crippen LogP contribution in [0.15, 0.2) is 24.3 Å². The lowest BCUT2D eigenvalue weighted by Gasteiger charge is -2.26. The summed E-state index contributed by atoms with van der Waals surface area (Å²) in [7, 11) is 0. The lowest BCUT2D eigenvalue weighted by atomic mass is 9.84. The van der Waals surface area contributed by atoms with Crippen molar-refractivity contribution in [1.29, 1.82) is 0 Å². The maximum atomic E-state index is 10.9. The molecule has 0 radical (unpaired) electrons. The first-order valence-corrected chi connectivity index (χ1v) is 6.75. The summed E-state index contributed by atoms with van der Waals surface area (Å²) in [6.07, 6.45) is 2.33. The Kier molecular flexibility index (Phi) is 5.54. The molecule has 2 nitrogen and oxygen atoms in total. The average Bonchev–Trinajstić information content (AvgIpc) is 2.29. The summed E-state index contributed by atoms with van der Waals surface area (Å²) in [6.45, 7) is 9.49. The fourth-order valence-corrected chi connectivity index (χ4v) is 2.06. The third-order valence-corrected chi connectivity index (χ3v) is 3.21. The molecule has 2 heteroatoms. The van der Waals surface area contributed by atoms with Gasteiger partial charge < -0.3 is 5.32 Å². The zero-order valence-electron chi connectivity index (χ0n) is 12.0. The van der Waals surface area contributed by atoms with Crippen molar-refractivity contribution in [2.75, 3.05) is 13.1 Å². The van der Waals surface area contributed by atoms with E-state index in [1.165, 1.54) is 17.5 Å². The van der Waals surface area contributed by atoms with Crippen LogP contribution in [-0.4, -0.2) is 18.9 Å². The molecule has 0 aliphatic carbocycles. The van der Waals surface area contributed by atoms with Crippen LogP contribution in [0.2, 0.25) is 0 Å². The number of ketones is 1. The Balaban J connectivity index is 2.63. The van der Waals surface area contributed by atoms with Crippen molar-refractivity contribution in [1.82, 2.24) is 5.32 Å². The van der Waals surface area contributed by atoms with Gasteiger partial charge in [-0.05, 0) is 24.5 Å². The first kappa shape index (κ1) is 14.9. The predicted octanol–water partition coefficient (Wildman–Crippen LogP) is 3.10. The maximum Gasteiger partial charge on any atom is 0.143 e. The van der Waals surface area contributed by atoms with Crippen LogP contribution in [0.3, 0.4) is 0 Å². The summed E-state index contributed by atoms with van der Waals surface area (Å²) in [5, 5.41) is 3.21. The number of Topliss-reactive ketones (excluding diaryl/α,β-unsaturated/α-hetero) is 1. The maximum absolute atomic E-state index is 10.9. The van der Waals surface area contributed by atoms with Crippen LogP contribution >= 0.6 is 0 Å². The van der Waals surface area contributed by atoms with Gasteiger partial charge in [-0.3, -0.25) is 4.79 Å². The first-order valence-electron chi connectivity index (χ1n) is 6.75. The number of rotatable bonds is 7. The molecule has 1 aromatic rings. The molecule has 0 amide bonds.